The van der Waals surface area contributed by atoms with E-state index in [4.69, 9.17) is 4.84 Å². The van der Waals surface area contributed by atoms with Gasteiger partial charge in [-0.1, -0.05) is 12.1 Å². The maximum absolute atomic E-state index is 12.7. The second-order valence-corrected chi connectivity index (χ2v) is 8.04. The van der Waals surface area contributed by atoms with Crippen molar-refractivity contribution in [2.45, 2.75) is 25.0 Å². The van der Waals surface area contributed by atoms with Gasteiger partial charge in [-0.2, -0.15) is 5.06 Å². The Bertz CT molecular complexity index is 790. The van der Waals surface area contributed by atoms with Gasteiger partial charge >= 0.3 is 0 Å². The summed E-state index contributed by atoms with van der Waals surface area (Å²) in [5.74, 6) is -0.841. The Morgan fingerprint density at radius 1 is 1.18 bits per heavy atom. The third kappa shape index (κ3) is 3.38. The van der Waals surface area contributed by atoms with Crippen molar-refractivity contribution in [1.29, 1.82) is 0 Å². The molecule has 3 unspecified atom stereocenters. The summed E-state index contributed by atoms with van der Waals surface area (Å²) in [6, 6.07) is 7.29. The molecule has 0 spiro atoms. The van der Waals surface area contributed by atoms with Gasteiger partial charge in [-0.15, -0.1) is 0 Å². The van der Waals surface area contributed by atoms with Crippen LogP contribution in [0.5, 0.6) is 0 Å². The second kappa shape index (κ2) is 7.18. The Balaban J connectivity index is 1.57. The number of rotatable bonds is 6. The molecule has 0 aromatic heterocycles. The number of hydroxylamine groups is 2. The lowest BCUT2D eigenvalue weighted by atomic mass is 9.90. The number of carbonyl (C=O) groups excluding carboxylic acids is 3. The predicted molar refractivity (Wildman–Crippen MR) is 102 cm³/mol. The fourth-order valence-electron chi connectivity index (χ4n) is 3.86. The largest absolute Gasteiger partial charge is 0.378 e. The third-order valence-electron chi connectivity index (χ3n) is 5.75. The quantitative estimate of drug-likeness (QED) is 0.719. The first-order valence-electron chi connectivity index (χ1n) is 9.65. The van der Waals surface area contributed by atoms with Crippen LogP contribution in [0.25, 0.3) is 0 Å². The topological polar surface area (TPSA) is 82.2 Å². The van der Waals surface area contributed by atoms with E-state index in [2.05, 4.69) is 5.32 Å². The number of likely N-dealkylation sites (N-methyl/N-ethyl adjacent to an activating group) is 1. The summed E-state index contributed by atoms with van der Waals surface area (Å²) in [5.41, 5.74) is 1.88. The van der Waals surface area contributed by atoms with E-state index < -0.39 is 18.1 Å². The number of anilines is 1. The molecule has 0 bridgehead atoms. The first-order valence-corrected chi connectivity index (χ1v) is 9.65. The second-order valence-electron chi connectivity index (χ2n) is 8.04. The van der Waals surface area contributed by atoms with E-state index in [1.165, 1.54) is 12.1 Å². The molecule has 1 saturated carbocycles. The number of likely N-dealkylation sites (tertiary alicyclic amines) is 1. The molecule has 3 atom stereocenters. The Morgan fingerprint density at radius 2 is 1.86 bits per heavy atom. The summed E-state index contributed by atoms with van der Waals surface area (Å²) < 4.78 is 0. The van der Waals surface area contributed by atoms with Gasteiger partial charge in [-0.05, 0) is 36.5 Å². The number of fused-ring (bicyclic) bond motifs is 1. The highest BCUT2D eigenvalue weighted by atomic mass is 16.7. The lowest BCUT2D eigenvalue weighted by molar-refractivity contribution is -0.181. The van der Waals surface area contributed by atoms with Crippen molar-refractivity contribution >= 4 is 23.4 Å². The maximum atomic E-state index is 12.7. The SMILES string of the molecule is CN1C(=O)C2ON(CC(=O)NCC3CC3)C(c3ccc(N(C)C)cc3)C2C1=O. The summed E-state index contributed by atoms with van der Waals surface area (Å²) in [4.78, 5) is 46.4. The van der Waals surface area contributed by atoms with Crippen molar-refractivity contribution in [3.63, 3.8) is 0 Å². The van der Waals surface area contributed by atoms with Crippen LogP contribution < -0.4 is 10.2 Å². The number of nitrogens with zero attached hydrogens (tertiary/aromatic N) is 3. The molecule has 1 aromatic rings. The number of benzene rings is 1. The number of hydrogen-bond donors (Lipinski definition) is 1. The summed E-state index contributed by atoms with van der Waals surface area (Å²) in [6.07, 6.45) is 1.44. The van der Waals surface area contributed by atoms with Gasteiger partial charge in [0.1, 0.15) is 6.54 Å². The average molecular weight is 386 g/mol. The summed E-state index contributed by atoms with van der Waals surface area (Å²) in [6.45, 7) is 0.659. The molecule has 2 saturated heterocycles. The minimum atomic E-state index is -0.868. The standard InChI is InChI=1S/C20H26N4O4/c1-22(2)14-8-6-13(7-9-14)17-16-18(20(27)23(3)19(16)26)28-24(17)11-15(25)21-10-12-4-5-12/h6-9,12,16-18H,4-5,10-11H2,1-3H3,(H,21,25). The van der Waals surface area contributed by atoms with E-state index >= 15 is 0 Å². The van der Waals surface area contributed by atoms with Crippen molar-refractivity contribution in [1.82, 2.24) is 15.3 Å². The molecule has 28 heavy (non-hydrogen) atoms. The zero-order chi connectivity index (χ0) is 20.0. The normalized spacial score (nSPS) is 27.2. The van der Waals surface area contributed by atoms with Crippen molar-refractivity contribution in [3.8, 4) is 0 Å². The van der Waals surface area contributed by atoms with Crippen molar-refractivity contribution in [3.05, 3.63) is 29.8 Å². The Hall–Kier alpha value is -2.45. The zero-order valence-corrected chi connectivity index (χ0v) is 16.4. The molecule has 3 amide bonds. The van der Waals surface area contributed by atoms with Gasteiger partial charge in [0.2, 0.25) is 11.8 Å². The highest BCUT2D eigenvalue weighted by Crippen LogP contribution is 2.44. The van der Waals surface area contributed by atoms with Crippen LogP contribution in [-0.2, 0) is 19.2 Å². The van der Waals surface area contributed by atoms with Crippen molar-refractivity contribution < 1.29 is 19.2 Å². The van der Waals surface area contributed by atoms with Crippen LogP contribution in [0.15, 0.2) is 24.3 Å². The molecule has 1 aliphatic carbocycles. The van der Waals surface area contributed by atoms with Crippen LogP contribution in [0, 0.1) is 11.8 Å². The van der Waals surface area contributed by atoms with Gasteiger partial charge in [0, 0.05) is 33.4 Å². The zero-order valence-electron chi connectivity index (χ0n) is 16.4. The molecule has 2 heterocycles. The van der Waals surface area contributed by atoms with Gasteiger partial charge < -0.3 is 10.2 Å². The smallest absolute Gasteiger partial charge is 0.261 e. The highest BCUT2D eigenvalue weighted by molar-refractivity contribution is 6.07. The monoisotopic (exact) mass is 386 g/mol. The fraction of sp³-hybridized carbons (Fsp3) is 0.550. The van der Waals surface area contributed by atoms with E-state index in [0.717, 1.165) is 29.0 Å². The predicted octanol–water partition coefficient (Wildman–Crippen LogP) is 0.551. The van der Waals surface area contributed by atoms with Gasteiger partial charge in [0.15, 0.2) is 6.10 Å². The van der Waals surface area contributed by atoms with Crippen LogP contribution in [0.3, 0.4) is 0 Å². The van der Waals surface area contributed by atoms with Crippen LogP contribution >= 0.6 is 0 Å². The first kappa shape index (κ1) is 18.9. The van der Waals surface area contributed by atoms with E-state index in [0.29, 0.717) is 12.5 Å². The van der Waals surface area contributed by atoms with Gasteiger partial charge in [-0.3, -0.25) is 24.1 Å². The molecular formula is C20H26N4O4. The lowest BCUT2D eigenvalue weighted by Gasteiger charge is -2.26. The number of nitrogens with one attached hydrogen (secondary N) is 1. The van der Waals surface area contributed by atoms with Crippen LogP contribution in [0.4, 0.5) is 5.69 Å². The van der Waals surface area contributed by atoms with E-state index in [9.17, 15) is 14.4 Å². The molecule has 1 N–H and O–H groups in total. The highest BCUT2D eigenvalue weighted by Gasteiger charge is 2.58. The summed E-state index contributed by atoms with van der Waals surface area (Å²) in [7, 11) is 5.38. The number of hydrogen-bond acceptors (Lipinski definition) is 6. The number of carbonyl (C=O) groups is 3. The van der Waals surface area contributed by atoms with Crippen LogP contribution in [0.2, 0.25) is 0 Å². The van der Waals surface area contributed by atoms with Crippen LogP contribution in [0.1, 0.15) is 24.4 Å². The molecule has 4 rings (SSSR count). The van der Waals surface area contributed by atoms with Gasteiger partial charge in [0.25, 0.3) is 5.91 Å². The minimum absolute atomic E-state index is 0.00983. The average Bonchev–Trinajstić information content (AvgIpc) is 3.40. The molecule has 150 valence electrons. The molecule has 8 heteroatoms. The summed E-state index contributed by atoms with van der Waals surface area (Å²) >= 11 is 0. The molecule has 1 aromatic carbocycles. The lowest BCUT2D eigenvalue weighted by Crippen LogP contribution is -2.40. The van der Waals surface area contributed by atoms with E-state index in [1.807, 2.05) is 43.3 Å². The molecular weight excluding hydrogens is 360 g/mol. The Labute approximate surface area is 164 Å². The first-order chi connectivity index (χ1) is 13.4. The van der Waals surface area contributed by atoms with Crippen LogP contribution in [-0.4, -0.2) is 68.0 Å². The summed E-state index contributed by atoms with van der Waals surface area (Å²) in [5, 5.41) is 4.42. The Morgan fingerprint density at radius 3 is 2.46 bits per heavy atom. The molecule has 3 fully saturated rings. The van der Waals surface area contributed by atoms with E-state index in [1.54, 1.807) is 0 Å². The molecule has 0 radical (unpaired) electrons. The molecule has 2 aliphatic heterocycles. The molecule has 3 aliphatic rings. The van der Waals surface area contributed by atoms with Gasteiger partial charge in [0.05, 0.1) is 12.0 Å². The number of amides is 3. The van der Waals surface area contributed by atoms with Crippen molar-refractivity contribution in [2.75, 3.05) is 39.1 Å². The van der Waals surface area contributed by atoms with Gasteiger partial charge in [-0.25, -0.2) is 0 Å². The minimum Gasteiger partial charge on any atom is -0.378 e. The third-order valence-corrected chi connectivity index (χ3v) is 5.75. The van der Waals surface area contributed by atoms with E-state index in [-0.39, 0.29) is 24.3 Å². The van der Waals surface area contributed by atoms with Crippen molar-refractivity contribution in [2.24, 2.45) is 11.8 Å². The Kier molecular flexibility index (Phi) is 4.84. The maximum Gasteiger partial charge on any atom is 0.261 e. The number of imide groups is 1. The molecule has 8 nitrogen and oxygen atoms in total. The fourth-order valence-corrected chi connectivity index (χ4v) is 3.86.